The van der Waals surface area contributed by atoms with Crippen LogP contribution in [0.4, 0.5) is 5.82 Å². The molecule has 0 saturated carbocycles. The van der Waals surface area contributed by atoms with Crippen LogP contribution in [0.25, 0.3) is 0 Å². The molecule has 8 nitrogen and oxygen atoms in total. The predicted molar refractivity (Wildman–Crippen MR) is 74.1 cm³/mol. The maximum absolute atomic E-state index is 11.4. The van der Waals surface area contributed by atoms with Crippen molar-refractivity contribution in [2.24, 2.45) is 0 Å². The Morgan fingerprint density at radius 3 is 2.65 bits per heavy atom. The van der Waals surface area contributed by atoms with Gasteiger partial charge in [-0.2, -0.15) is 0 Å². The van der Waals surface area contributed by atoms with Crippen LogP contribution in [0.2, 0.25) is 0 Å². The number of carbonyl (C=O) groups is 1. The molecular formula is C11H18N4O4S. The van der Waals surface area contributed by atoms with Crippen LogP contribution in [0.15, 0.2) is 6.07 Å². The molecule has 0 fully saturated rings. The Morgan fingerprint density at radius 1 is 1.35 bits per heavy atom. The number of hydrogen-bond acceptors (Lipinski definition) is 7. The van der Waals surface area contributed by atoms with Gasteiger partial charge >= 0.3 is 5.97 Å². The molecule has 112 valence electrons. The molecule has 0 radical (unpaired) electrons. The number of sulfonamides is 1. The molecule has 9 heteroatoms. The van der Waals surface area contributed by atoms with E-state index in [4.69, 9.17) is 0 Å². The Kier molecular flexibility index (Phi) is 5.83. The van der Waals surface area contributed by atoms with E-state index in [1.54, 1.807) is 13.0 Å². The standard InChI is InChI=1S/C11H18N4O4S/c1-8-7-9(15-10(14-8)11(16)19-2)12-5-4-6-13-20(3,17)18/h7,13H,4-6H2,1-3H3,(H,12,14,15). The first-order chi connectivity index (χ1) is 9.31. The van der Waals surface area contributed by atoms with Crippen LogP contribution in [0, 0.1) is 6.92 Å². The summed E-state index contributed by atoms with van der Waals surface area (Å²) >= 11 is 0. The Hall–Kier alpha value is -1.74. The molecule has 1 aromatic heterocycles. The van der Waals surface area contributed by atoms with Gasteiger partial charge in [-0.25, -0.2) is 27.9 Å². The fourth-order valence-electron chi connectivity index (χ4n) is 1.40. The highest BCUT2D eigenvalue weighted by Crippen LogP contribution is 2.07. The second kappa shape index (κ2) is 7.15. The van der Waals surface area contributed by atoms with Crippen molar-refractivity contribution in [3.05, 3.63) is 17.6 Å². The van der Waals surface area contributed by atoms with E-state index in [1.165, 1.54) is 7.11 Å². The third kappa shape index (κ3) is 5.93. The van der Waals surface area contributed by atoms with Gasteiger partial charge in [0.15, 0.2) is 0 Å². The number of ether oxygens (including phenoxy) is 1. The van der Waals surface area contributed by atoms with E-state index in [1.807, 2.05) is 0 Å². The van der Waals surface area contributed by atoms with Gasteiger partial charge in [0.2, 0.25) is 15.8 Å². The van der Waals surface area contributed by atoms with Crippen LogP contribution >= 0.6 is 0 Å². The summed E-state index contributed by atoms with van der Waals surface area (Å²) in [5.74, 6) is -0.114. The highest BCUT2D eigenvalue weighted by molar-refractivity contribution is 7.88. The van der Waals surface area contributed by atoms with E-state index < -0.39 is 16.0 Å². The summed E-state index contributed by atoms with van der Waals surface area (Å²) in [4.78, 5) is 19.3. The van der Waals surface area contributed by atoms with Crippen molar-refractivity contribution in [2.45, 2.75) is 13.3 Å². The summed E-state index contributed by atoms with van der Waals surface area (Å²) in [5, 5.41) is 3.00. The van der Waals surface area contributed by atoms with Gasteiger partial charge < -0.3 is 10.1 Å². The fourth-order valence-corrected chi connectivity index (χ4v) is 1.92. The number of nitrogens with one attached hydrogen (secondary N) is 2. The molecular weight excluding hydrogens is 284 g/mol. The van der Waals surface area contributed by atoms with E-state index in [0.29, 0.717) is 31.0 Å². The average Bonchev–Trinajstić information content (AvgIpc) is 2.35. The molecule has 0 atom stereocenters. The van der Waals surface area contributed by atoms with Crippen molar-refractivity contribution in [1.82, 2.24) is 14.7 Å². The van der Waals surface area contributed by atoms with Crippen LogP contribution in [0.1, 0.15) is 22.7 Å². The molecule has 1 heterocycles. The van der Waals surface area contributed by atoms with Crippen molar-refractivity contribution in [3.8, 4) is 0 Å². The number of carbonyl (C=O) groups excluding carboxylic acids is 1. The van der Waals surface area contributed by atoms with Gasteiger partial charge in [0.25, 0.3) is 0 Å². The average molecular weight is 302 g/mol. The van der Waals surface area contributed by atoms with E-state index in [-0.39, 0.29) is 5.82 Å². The van der Waals surface area contributed by atoms with Gasteiger partial charge in [-0.1, -0.05) is 0 Å². The summed E-state index contributed by atoms with van der Waals surface area (Å²) in [6.45, 7) is 2.59. The first-order valence-electron chi connectivity index (χ1n) is 5.94. The molecule has 0 unspecified atom stereocenters. The number of methoxy groups -OCH3 is 1. The van der Waals surface area contributed by atoms with Gasteiger partial charge in [-0.3, -0.25) is 0 Å². The molecule has 2 N–H and O–H groups in total. The smallest absolute Gasteiger partial charge is 0.376 e. The van der Waals surface area contributed by atoms with E-state index in [9.17, 15) is 13.2 Å². The lowest BCUT2D eigenvalue weighted by atomic mass is 10.4. The number of anilines is 1. The van der Waals surface area contributed by atoms with Crippen LogP contribution in [0.3, 0.4) is 0 Å². The number of hydrogen-bond donors (Lipinski definition) is 2. The number of esters is 1. The van der Waals surface area contributed by atoms with Gasteiger partial charge in [0, 0.05) is 24.8 Å². The third-order valence-electron chi connectivity index (χ3n) is 2.25. The zero-order chi connectivity index (χ0) is 15.2. The molecule has 0 spiro atoms. The zero-order valence-corrected chi connectivity index (χ0v) is 12.5. The monoisotopic (exact) mass is 302 g/mol. The molecule has 0 aromatic carbocycles. The Bertz CT molecular complexity index is 574. The topological polar surface area (TPSA) is 110 Å². The lowest BCUT2D eigenvalue weighted by Crippen LogP contribution is -2.24. The fraction of sp³-hybridized carbons (Fsp3) is 0.545. The first kappa shape index (κ1) is 16.3. The van der Waals surface area contributed by atoms with Gasteiger partial charge in [0.05, 0.1) is 13.4 Å². The molecule has 0 aliphatic carbocycles. The van der Waals surface area contributed by atoms with Crippen molar-refractivity contribution in [2.75, 3.05) is 31.8 Å². The molecule has 0 amide bonds. The largest absolute Gasteiger partial charge is 0.463 e. The zero-order valence-electron chi connectivity index (χ0n) is 11.6. The SMILES string of the molecule is COC(=O)c1nc(C)cc(NCCCNS(C)(=O)=O)n1. The van der Waals surface area contributed by atoms with Crippen molar-refractivity contribution < 1.29 is 17.9 Å². The predicted octanol–water partition coefficient (Wildman–Crippen LogP) is -0.0772. The molecule has 1 rings (SSSR count). The number of nitrogens with zero attached hydrogens (tertiary/aromatic N) is 2. The summed E-state index contributed by atoms with van der Waals surface area (Å²) < 4.78 is 28.7. The highest BCUT2D eigenvalue weighted by Gasteiger charge is 2.11. The lowest BCUT2D eigenvalue weighted by Gasteiger charge is -2.08. The summed E-state index contributed by atoms with van der Waals surface area (Å²) in [7, 11) is -1.90. The van der Waals surface area contributed by atoms with Gasteiger partial charge in [-0.05, 0) is 13.3 Å². The van der Waals surface area contributed by atoms with Crippen molar-refractivity contribution in [3.63, 3.8) is 0 Å². The molecule has 0 aliphatic heterocycles. The van der Waals surface area contributed by atoms with Crippen LogP contribution in [-0.4, -0.2) is 50.8 Å². The molecule has 0 aliphatic rings. The Morgan fingerprint density at radius 2 is 2.05 bits per heavy atom. The first-order valence-corrected chi connectivity index (χ1v) is 7.83. The third-order valence-corrected chi connectivity index (χ3v) is 2.97. The quantitative estimate of drug-likeness (QED) is 0.535. The van der Waals surface area contributed by atoms with Crippen LogP contribution < -0.4 is 10.0 Å². The van der Waals surface area contributed by atoms with Crippen molar-refractivity contribution in [1.29, 1.82) is 0 Å². The van der Waals surface area contributed by atoms with Crippen LogP contribution in [0.5, 0.6) is 0 Å². The maximum atomic E-state index is 11.4. The Balaban J connectivity index is 2.52. The van der Waals surface area contributed by atoms with Crippen LogP contribution in [-0.2, 0) is 14.8 Å². The van der Waals surface area contributed by atoms with Crippen molar-refractivity contribution >= 4 is 21.8 Å². The molecule has 0 bridgehead atoms. The normalized spacial score (nSPS) is 11.2. The maximum Gasteiger partial charge on any atom is 0.376 e. The highest BCUT2D eigenvalue weighted by atomic mass is 32.2. The van der Waals surface area contributed by atoms with E-state index in [0.717, 1.165) is 6.26 Å². The Labute approximate surface area is 118 Å². The lowest BCUT2D eigenvalue weighted by molar-refractivity contribution is 0.0586. The second-order valence-electron chi connectivity index (χ2n) is 4.16. The minimum absolute atomic E-state index is 0.00994. The van der Waals surface area contributed by atoms with Gasteiger partial charge in [0.1, 0.15) is 5.82 Å². The number of aryl methyl sites for hydroxylation is 1. The molecule has 0 saturated heterocycles. The number of aromatic nitrogens is 2. The number of rotatable bonds is 7. The second-order valence-corrected chi connectivity index (χ2v) is 5.99. The summed E-state index contributed by atoms with van der Waals surface area (Å²) in [5.41, 5.74) is 0.636. The summed E-state index contributed by atoms with van der Waals surface area (Å²) in [6.07, 6.45) is 1.69. The molecule has 20 heavy (non-hydrogen) atoms. The summed E-state index contributed by atoms with van der Waals surface area (Å²) in [6, 6.07) is 1.69. The van der Waals surface area contributed by atoms with E-state index >= 15 is 0 Å². The minimum Gasteiger partial charge on any atom is -0.463 e. The molecule has 1 aromatic rings. The van der Waals surface area contributed by atoms with Gasteiger partial charge in [-0.15, -0.1) is 0 Å². The minimum atomic E-state index is -3.16. The van der Waals surface area contributed by atoms with E-state index in [2.05, 4.69) is 24.7 Å².